The molecule has 0 saturated carbocycles. The van der Waals surface area contributed by atoms with E-state index in [4.69, 9.17) is 9.26 Å². The van der Waals surface area contributed by atoms with Gasteiger partial charge in [-0.25, -0.2) is 4.79 Å². The fourth-order valence-corrected chi connectivity index (χ4v) is 3.24. The van der Waals surface area contributed by atoms with E-state index in [0.717, 1.165) is 0 Å². The van der Waals surface area contributed by atoms with E-state index in [2.05, 4.69) is 10.1 Å². The lowest BCUT2D eigenvalue weighted by atomic mass is 10.1. The summed E-state index contributed by atoms with van der Waals surface area (Å²) >= 11 is 0. The molecule has 0 amide bonds. The number of Topliss-reactive ketones (excluding diaryl/α,β-unsaturated/α-hetero) is 2. The summed E-state index contributed by atoms with van der Waals surface area (Å²) in [5.74, 6) is -0.938. The highest BCUT2D eigenvalue weighted by Gasteiger charge is 2.25. The van der Waals surface area contributed by atoms with Crippen molar-refractivity contribution in [2.45, 2.75) is 27.7 Å². The lowest BCUT2D eigenvalue weighted by molar-refractivity contribution is 0.0472. The molecule has 7 heteroatoms. The molecule has 3 rings (SSSR count). The Labute approximate surface area is 161 Å². The molecule has 28 heavy (non-hydrogen) atoms. The molecule has 0 spiro atoms. The average Bonchev–Trinajstić information content (AvgIpc) is 3.19. The van der Waals surface area contributed by atoms with Gasteiger partial charge in [0.15, 0.2) is 12.4 Å². The van der Waals surface area contributed by atoms with Crippen molar-refractivity contribution in [2.24, 2.45) is 0 Å². The molecule has 3 aromatic rings. The van der Waals surface area contributed by atoms with Crippen LogP contribution in [0.2, 0.25) is 0 Å². The molecule has 0 atom stereocenters. The number of carbonyl (C=O) groups is 3. The molecule has 2 aromatic heterocycles. The number of H-pyrrole nitrogens is 1. The van der Waals surface area contributed by atoms with E-state index < -0.39 is 18.4 Å². The lowest BCUT2D eigenvalue weighted by Gasteiger charge is -2.05. The van der Waals surface area contributed by atoms with Gasteiger partial charge in [-0.1, -0.05) is 35.5 Å². The number of ketones is 2. The number of rotatable bonds is 6. The van der Waals surface area contributed by atoms with Crippen LogP contribution in [0.25, 0.3) is 11.3 Å². The Morgan fingerprint density at radius 1 is 1.07 bits per heavy atom. The standard InChI is InChI=1S/C21H20N2O5/c1-11-17(13(3)24)12(2)22-19(11)16(25)10-27-21(26)18-14(4)28-23-20(18)15-8-6-5-7-9-15/h5-9,22H,10H2,1-4H3. The maximum absolute atomic E-state index is 12.6. The van der Waals surface area contributed by atoms with Crippen molar-refractivity contribution >= 4 is 17.5 Å². The SMILES string of the molecule is CC(=O)c1c(C)[nH]c(C(=O)COC(=O)c2c(-c3ccccc3)noc2C)c1C. The zero-order chi connectivity index (χ0) is 20.4. The van der Waals surface area contributed by atoms with Crippen LogP contribution in [0.1, 0.15) is 55.1 Å². The van der Waals surface area contributed by atoms with Gasteiger partial charge in [-0.15, -0.1) is 0 Å². The van der Waals surface area contributed by atoms with Gasteiger partial charge in [0.05, 0.1) is 5.69 Å². The fourth-order valence-electron chi connectivity index (χ4n) is 3.24. The van der Waals surface area contributed by atoms with E-state index in [1.807, 2.05) is 18.2 Å². The van der Waals surface area contributed by atoms with Crippen LogP contribution in [-0.4, -0.2) is 34.3 Å². The molecule has 1 aromatic carbocycles. The second-order valence-corrected chi connectivity index (χ2v) is 6.51. The van der Waals surface area contributed by atoms with Crippen LogP contribution in [0, 0.1) is 20.8 Å². The highest BCUT2D eigenvalue weighted by Crippen LogP contribution is 2.26. The molecule has 0 unspecified atom stereocenters. The minimum Gasteiger partial charge on any atom is -0.453 e. The average molecular weight is 380 g/mol. The smallest absolute Gasteiger partial charge is 0.344 e. The summed E-state index contributed by atoms with van der Waals surface area (Å²) in [5, 5.41) is 3.94. The van der Waals surface area contributed by atoms with Crippen LogP contribution in [0.3, 0.4) is 0 Å². The number of nitrogens with zero attached hydrogens (tertiary/aromatic N) is 1. The minimum atomic E-state index is -0.696. The molecular weight excluding hydrogens is 360 g/mol. The van der Waals surface area contributed by atoms with E-state index in [1.54, 1.807) is 32.9 Å². The monoisotopic (exact) mass is 380 g/mol. The van der Waals surface area contributed by atoms with Crippen molar-refractivity contribution in [1.29, 1.82) is 0 Å². The molecule has 2 heterocycles. The Bertz CT molecular complexity index is 1060. The molecule has 0 fully saturated rings. The molecule has 0 aliphatic rings. The van der Waals surface area contributed by atoms with Crippen molar-refractivity contribution in [3.05, 3.63) is 64.2 Å². The highest BCUT2D eigenvalue weighted by atomic mass is 16.5. The molecule has 144 valence electrons. The number of aryl methyl sites for hydroxylation is 2. The number of ether oxygens (including phenoxy) is 1. The predicted molar refractivity (Wildman–Crippen MR) is 102 cm³/mol. The summed E-state index contributed by atoms with van der Waals surface area (Å²) in [5.41, 5.74) is 3.17. The zero-order valence-corrected chi connectivity index (χ0v) is 16.1. The molecule has 0 bridgehead atoms. The maximum Gasteiger partial charge on any atom is 0.344 e. The Hall–Kier alpha value is -3.48. The fraction of sp³-hybridized carbons (Fsp3) is 0.238. The summed E-state index contributed by atoms with van der Waals surface area (Å²) in [6.07, 6.45) is 0. The molecule has 0 radical (unpaired) electrons. The van der Waals surface area contributed by atoms with Gasteiger partial charge in [0, 0.05) is 16.8 Å². The third-order valence-corrected chi connectivity index (χ3v) is 4.52. The van der Waals surface area contributed by atoms with Gasteiger partial charge in [0.2, 0.25) is 5.78 Å². The van der Waals surface area contributed by atoms with E-state index in [-0.39, 0.29) is 17.0 Å². The highest BCUT2D eigenvalue weighted by molar-refractivity contribution is 6.05. The third-order valence-electron chi connectivity index (χ3n) is 4.52. The molecule has 0 aliphatic carbocycles. The zero-order valence-electron chi connectivity index (χ0n) is 16.1. The molecular formula is C21H20N2O5. The number of esters is 1. The van der Waals surface area contributed by atoms with Crippen molar-refractivity contribution in [2.75, 3.05) is 6.61 Å². The van der Waals surface area contributed by atoms with Crippen LogP contribution in [-0.2, 0) is 4.74 Å². The van der Waals surface area contributed by atoms with E-state index in [9.17, 15) is 14.4 Å². The van der Waals surface area contributed by atoms with Gasteiger partial charge < -0.3 is 14.2 Å². The molecule has 0 saturated heterocycles. The van der Waals surface area contributed by atoms with Crippen molar-refractivity contribution in [3.8, 4) is 11.3 Å². The third kappa shape index (κ3) is 3.51. The molecule has 7 nitrogen and oxygen atoms in total. The number of aromatic amines is 1. The van der Waals surface area contributed by atoms with Gasteiger partial charge in [0.25, 0.3) is 0 Å². The number of hydrogen-bond donors (Lipinski definition) is 1. The van der Waals surface area contributed by atoms with Gasteiger partial charge >= 0.3 is 5.97 Å². The van der Waals surface area contributed by atoms with Gasteiger partial charge in [-0.05, 0) is 33.3 Å². The minimum absolute atomic E-state index is 0.130. The van der Waals surface area contributed by atoms with E-state index in [1.165, 1.54) is 6.92 Å². The van der Waals surface area contributed by atoms with Gasteiger partial charge in [-0.3, -0.25) is 9.59 Å². The van der Waals surface area contributed by atoms with E-state index >= 15 is 0 Å². The first-order valence-corrected chi connectivity index (χ1v) is 8.73. The van der Waals surface area contributed by atoms with Gasteiger partial charge in [-0.2, -0.15) is 0 Å². The summed E-state index contributed by atoms with van der Waals surface area (Å²) in [6, 6.07) is 9.09. The largest absolute Gasteiger partial charge is 0.453 e. The van der Waals surface area contributed by atoms with Crippen LogP contribution < -0.4 is 0 Å². The molecule has 0 aliphatic heterocycles. The summed E-state index contributed by atoms with van der Waals surface area (Å²) in [6.45, 7) is 5.99. The number of carbonyl (C=O) groups excluding carboxylic acids is 3. The van der Waals surface area contributed by atoms with Crippen molar-refractivity contribution in [1.82, 2.24) is 10.1 Å². The predicted octanol–water partition coefficient (Wildman–Crippen LogP) is 3.84. The summed E-state index contributed by atoms with van der Waals surface area (Å²) in [4.78, 5) is 39.7. The number of nitrogens with one attached hydrogen (secondary N) is 1. The second-order valence-electron chi connectivity index (χ2n) is 6.51. The molecule has 1 N–H and O–H groups in total. The summed E-state index contributed by atoms with van der Waals surface area (Å²) < 4.78 is 10.4. The second kappa shape index (κ2) is 7.64. The lowest BCUT2D eigenvalue weighted by Crippen LogP contribution is -2.16. The van der Waals surface area contributed by atoms with Crippen molar-refractivity contribution in [3.63, 3.8) is 0 Å². The quantitative estimate of drug-likeness (QED) is 0.515. The number of aromatic nitrogens is 2. The summed E-state index contributed by atoms with van der Waals surface area (Å²) in [7, 11) is 0. The normalized spacial score (nSPS) is 10.7. The Morgan fingerprint density at radius 3 is 2.36 bits per heavy atom. The number of hydrogen-bond acceptors (Lipinski definition) is 6. The van der Waals surface area contributed by atoms with E-state index in [0.29, 0.717) is 33.8 Å². The van der Waals surface area contributed by atoms with Crippen LogP contribution >= 0.6 is 0 Å². The van der Waals surface area contributed by atoms with Crippen LogP contribution in [0.15, 0.2) is 34.9 Å². The van der Waals surface area contributed by atoms with Crippen LogP contribution in [0.5, 0.6) is 0 Å². The van der Waals surface area contributed by atoms with Gasteiger partial charge in [0.1, 0.15) is 17.0 Å². The first-order chi connectivity index (χ1) is 13.3. The first-order valence-electron chi connectivity index (χ1n) is 8.73. The van der Waals surface area contributed by atoms with Crippen LogP contribution in [0.4, 0.5) is 0 Å². The Morgan fingerprint density at radius 2 is 1.75 bits per heavy atom. The number of benzene rings is 1. The Balaban J connectivity index is 1.79. The Kier molecular flexibility index (Phi) is 5.26. The van der Waals surface area contributed by atoms with Crippen molar-refractivity contribution < 1.29 is 23.6 Å². The topological polar surface area (TPSA) is 102 Å². The maximum atomic E-state index is 12.6. The first kappa shape index (κ1) is 19.3.